The molecular weight excluding hydrogens is 316 g/mol. The van der Waals surface area contributed by atoms with Crippen LogP contribution in [0, 0.1) is 0 Å². The number of fused-ring (bicyclic) bond motifs is 1. The summed E-state index contributed by atoms with van der Waals surface area (Å²) in [5.74, 6) is 0.115. The number of thiophene rings is 2. The molecule has 0 aliphatic carbocycles. The van der Waals surface area contributed by atoms with Crippen LogP contribution in [-0.2, 0) is 0 Å². The van der Waals surface area contributed by atoms with Gasteiger partial charge in [0.25, 0.3) is 0 Å². The fraction of sp³-hybridized carbons (Fsp3) is 0. The van der Waals surface area contributed by atoms with Gasteiger partial charge in [0.2, 0.25) is 5.78 Å². The Balaban J connectivity index is 2.19. The molecule has 2 heterocycles. The second kappa shape index (κ2) is 4.37. The number of ketones is 1. The van der Waals surface area contributed by atoms with Gasteiger partial charge in [0, 0.05) is 25.5 Å². The number of hydrogen-bond acceptors (Lipinski definition) is 3. The third-order valence-corrected chi connectivity index (χ3v) is 5.36. The van der Waals surface area contributed by atoms with E-state index in [-0.39, 0.29) is 5.78 Å². The van der Waals surface area contributed by atoms with Crippen molar-refractivity contribution in [3.05, 3.63) is 56.0 Å². The van der Waals surface area contributed by atoms with Crippen molar-refractivity contribution >= 4 is 54.5 Å². The highest BCUT2D eigenvalue weighted by molar-refractivity contribution is 9.10. The molecule has 0 aliphatic rings. The van der Waals surface area contributed by atoms with Gasteiger partial charge in [0.15, 0.2) is 0 Å². The zero-order valence-electron chi connectivity index (χ0n) is 8.64. The van der Waals surface area contributed by atoms with Gasteiger partial charge >= 0.3 is 0 Å². The zero-order valence-corrected chi connectivity index (χ0v) is 11.9. The molecular formula is C13H7BrOS2. The number of rotatable bonds is 2. The average molecular weight is 323 g/mol. The van der Waals surface area contributed by atoms with Crippen LogP contribution in [0.1, 0.15) is 15.2 Å². The van der Waals surface area contributed by atoms with E-state index in [1.54, 1.807) is 11.3 Å². The summed E-state index contributed by atoms with van der Waals surface area (Å²) in [4.78, 5) is 13.1. The number of hydrogen-bond donors (Lipinski definition) is 0. The molecule has 0 saturated carbocycles. The van der Waals surface area contributed by atoms with Crippen LogP contribution in [0.2, 0.25) is 0 Å². The van der Waals surface area contributed by atoms with E-state index in [0.717, 1.165) is 25.0 Å². The monoisotopic (exact) mass is 322 g/mol. The van der Waals surface area contributed by atoms with Crippen molar-refractivity contribution < 1.29 is 4.79 Å². The Kier molecular flexibility index (Phi) is 2.86. The molecule has 0 atom stereocenters. The van der Waals surface area contributed by atoms with Gasteiger partial charge in [-0.3, -0.25) is 4.79 Å². The highest BCUT2D eigenvalue weighted by Crippen LogP contribution is 2.33. The summed E-state index contributed by atoms with van der Waals surface area (Å²) < 4.78 is 2.18. The van der Waals surface area contributed by atoms with Crippen molar-refractivity contribution in [3.63, 3.8) is 0 Å². The summed E-state index contributed by atoms with van der Waals surface area (Å²) in [6.45, 7) is 0. The maximum absolute atomic E-state index is 12.3. The lowest BCUT2D eigenvalue weighted by atomic mass is 10.1. The van der Waals surface area contributed by atoms with Gasteiger partial charge in [-0.15, -0.1) is 22.7 Å². The first-order valence-corrected chi connectivity index (χ1v) is 7.56. The van der Waals surface area contributed by atoms with Crippen molar-refractivity contribution in [3.8, 4) is 0 Å². The summed E-state index contributed by atoms with van der Waals surface area (Å²) >= 11 is 6.60. The lowest BCUT2D eigenvalue weighted by Gasteiger charge is -1.97. The summed E-state index contributed by atoms with van der Waals surface area (Å²) in [6, 6.07) is 9.73. The van der Waals surface area contributed by atoms with E-state index in [9.17, 15) is 4.79 Å². The van der Waals surface area contributed by atoms with Crippen LogP contribution in [0.25, 0.3) is 10.1 Å². The predicted octanol–water partition coefficient (Wildman–Crippen LogP) is 4.96. The quantitative estimate of drug-likeness (QED) is 0.610. The third kappa shape index (κ3) is 1.86. The molecule has 0 radical (unpaired) electrons. The van der Waals surface area contributed by atoms with Crippen molar-refractivity contribution in [2.24, 2.45) is 0 Å². The van der Waals surface area contributed by atoms with Crippen molar-refractivity contribution in [2.75, 3.05) is 0 Å². The molecule has 2 aromatic heterocycles. The van der Waals surface area contributed by atoms with E-state index < -0.39 is 0 Å². The van der Waals surface area contributed by atoms with Crippen molar-refractivity contribution in [1.82, 2.24) is 0 Å². The van der Waals surface area contributed by atoms with E-state index in [4.69, 9.17) is 0 Å². The van der Waals surface area contributed by atoms with Gasteiger partial charge in [0.1, 0.15) is 0 Å². The largest absolute Gasteiger partial charge is 0.288 e. The van der Waals surface area contributed by atoms with Gasteiger partial charge in [-0.1, -0.05) is 18.2 Å². The molecule has 0 amide bonds. The zero-order chi connectivity index (χ0) is 11.8. The molecule has 1 aromatic carbocycles. The molecule has 0 spiro atoms. The second-order valence-corrected chi connectivity index (χ2v) is 6.25. The Hall–Kier alpha value is -0.970. The molecule has 0 bridgehead atoms. The van der Waals surface area contributed by atoms with Gasteiger partial charge < -0.3 is 0 Å². The molecule has 0 saturated heterocycles. The van der Waals surface area contributed by atoms with E-state index in [2.05, 4.69) is 15.9 Å². The van der Waals surface area contributed by atoms with Crippen molar-refractivity contribution in [1.29, 1.82) is 0 Å². The van der Waals surface area contributed by atoms with Crippen LogP contribution >= 0.6 is 38.6 Å². The van der Waals surface area contributed by atoms with Crippen LogP contribution in [0.15, 0.2) is 45.6 Å². The maximum atomic E-state index is 12.3. The molecule has 0 aliphatic heterocycles. The normalized spacial score (nSPS) is 10.9. The van der Waals surface area contributed by atoms with E-state index in [1.807, 2.05) is 41.1 Å². The fourth-order valence-electron chi connectivity index (χ4n) is 1.74. The fourth-order valence-corrected chi connectivity index (χ4v) is 4.02. The van der Waals surface area contributed by atoms with Crippen LogP contribution in [0.3, 0.4) is 0 Å². The van der Waals surface area contributed by atoms with Gasteiger partial charge in [-0.2, -0.15) is 0 Å². The lowest BCUT2D eigenvalue weighted by molar-refractivity contribution is 0.104. The Morgan fingerprint density at radius 2 is 2.00 bits per heavy atom. The first kappa shape index (κ1) is 11.1. The van der Waals surface area contributed by atoms with Crippen LogP contribution < -0.4 is 0 Å². The first-order chi connectivity index (χ1) is 8.27. The molecule has 4 heteroatoms. The van der Waals surface area contributed by atoms with E-state index >= 15 is 0 Å². The average Bonchev–Trinajstić information content (AvgIpc) is 2.98. The smallest absolute Gasteiger partial charge is 0.204 e. The molecule has 3 aromatic rings. The number of benzene rings is 1. The second-order valence-electron chi connectivity index (χ2n) is 3.57. The van der Waals surface area contributed by atoms with E-state index in [0.29, 0.717) is 0 Å². The standard InChI is InChI=1S/C13H7BrOS2/c14-10-4-1-3-8-9(7-17-13(8)10)12(15)11-5-2-6-16-11/h1-7H. The van der Waals surface area contributed by atoms with Gasteiger partial charge in [-0.05, 0) is 33.4 Å². The van der Waals surface area contributed by atoms with Gasteiger partial charge in [-0.25, -0.2) is 0 Å². The summed E-state index contributed by atoms with van der Waals surface area (Å²) in [7, 11) is 0. The lowest BCUT2D eigenvalue weighted by Crippen LogP contribution is -1.96. The third-order valence-electron chi connectivity index (χ3n) is 2.54. The predicted molar refractivity (Wildman–Crippen MR) is 77.3 cm³/mol. The number of carbonyl (C=O) groups excluding carboxylic acids is 1. The van der Waals surface area contributed by atoms with Crippen molar-refractivity contribution in [2.45, 2.75) is 0 Å². The summed E-state index contributed by atoms with van der Waals surface area (Å²) in [5, 5.41) is 4.90. The Labute approximate surface area is 115 Å². The highest BCUT2D eigenvalue weighted by atomic mass is 79.9. The SMILES string of the molecule is O=C(c1cccs1)c1csc2c(Br)cccc12. The molecule has 1 nitrogen and oxygen atoms in total. The van der Waals surface area contributed by atoms with Gasteiger partial charge in [0.05, 0.1) is 4.88 Å². The molecule has 0 fully saturated rings. The minimum atomic E-state index is 0.115. The molecule has 84 valence electrons. The van der Waals surface area contributed by atoms with Crippen LogP contribution in [0.4, 0.5) is 0 Å². The number of carbonyl (C=O) groups is 1. The number of halogens is 1. The van der Waals surface area contributed by atoms with E-state index in [1.165, 1.54) is 11.3 Å². The highest BCUT2D eigenvalue weighted by Gasteiger charge is 2.15. The Morgan fingerprint density at radius 3 is 2.76 bits per heavy atom. The maximum Gasteiger partial charge on any atom is 0.204 e. The molecule has 0 unspecified atom stereocenters. The first-order valence-electron chi connectivity index (χ1n) is 5.01. The topological polar surface area (TPSA) is 17.1 Å². The minimum Gasteiger partial charge on any atom is -0.288 e. The summed E-state index contributed by atoms with van der Waals surface area (Å²) in [5.41, 5.74) is 0.800. The minimum absolute atomic E-state index is 0.115. The Morgan fingerprint density at radius 1 is 1.12 bits per heavy atom. The molecule has 0 N–H and O–H groups in total. The molecule has 3 rings (SSSR count). The van der Waals surface area contributed by atoms with Crippen LogP contribution in [-0.4, -0.2) is 5.78 Å². The Bertz CT molecular complexity index is 683. The molecule has 17 heavy (non-hydrogen) atoms. The summed E-state index contributed by atoms with van der Waals surface area (Å²) in [6.07, 6.45) is 0. The van der Waals surface area contributed by atoms with Crippen LogP contribution in [0.5, 0.6) is 0 Å².